The molecular weight excluding hydrogens is 1270 g/mol. The van der Waals surface area contributed by atoms with Crippen LogP contribution in [0.1, 0.15) is 11.1 Å². The zero-order valence-corrected chi connectivity index (χ0v) is 55.4. The van der Waals surface area contributed by atoms with Crippen LogP contribution in [0.25, 0.3) is 0 Å². The van der Waals surface area contributed by atoms with Gasteiger partial charge in [0.2, 0.25) is 11.5 Å². The minimum absolute atomic E-state index is 0.191. The van der Waals surface area contributed by atoms with Gasteiger partial charge in [0.15, 0.2) is 27.3 Å². The molecule has 0 radical (unpaired) electrons. The zero-order valence-electron chi connectivity index (χ0n) is 51.5. The Labute approximate surface area is 533 Å². The number of hydrogen-bond donors (Lipinski definition) is 1. The zero-order chi connectivity index (χ0) is 62.9. The normalized spacial score (nSPS) is 11.1. The van der Waals surface area contributed by atoms with Gasteiger partial charge < -0.3 is 119 Å². The van der Waals surface area contributed by atoms with Gasteiger partial charge in [-0.1, -0.05) is 50.7 Å². The molecule has 0 spiro atoms. The predicted molar refractivity (Wildman–Crippen MR) is 327 cm³/mol. The molecule has 1 N–H and O–H groups in total. The molecule has 2 aromatic carbocycles. The summed E-state index contributed by atoms with van der Waals surface area (Å²) < 4.78 is 131. The van der Waals surface area contributed by atoms with Crippen LogP contribution in [-0.2, 0) is 97.2 Å². The molecule has 2 rings (SSSR count). The fourth-order valence-corrected chi connectivity index (χ4v) is 6.50. The molecule has 0 aliphatic rings. The Morgan fingerprint density at radius 2 is 0.442 bits per heavy atom. The number of benzene rings is 2. The molecule has 29 heteroatoms. The van der Waals surface area contributed by atoms with E-state index in [4.69, 9.17) is 148 Å². The molecule has 2 aromatic rings. The molecule has 0 saturated heterocycles. The van der Waals surface area contributed by atoms with Crippen molar-refractivity contribution in [3.05, 3.63) is 35.4 Å². The van der Waals surface area contributed by atoms with Gasteiger partial charge in [0.1, 0.15) is 39.6 Å². The maximum Gasteiger partial charge on any atom is 0.203 e. The van der Waals surface area contributed by atoms with Crippen molar-refractivity contribution < 1.29 is 119 Å². The van der Waals surface area contributed by atoms with Crippen molar-refractivity contribution in [1.29, 1.82) is 0 Å². The van der Waals surface area contributed by atoms with Gasteiger partial charge in [0.25, 0.3) is 0 Å². The molecule has 0 saturated carbocycles. The van der Waals surface area contributed by atoms with Crippen molar-refractivity contribution in [3.63, 3.8) is 0 Å². The van der Waals surface area contributed by atoms with Gasteiger partial charge in [-0.25, -0.2) is 0 Å². The summed E-state index contributed by atoms with van der Waals surface area (Å²) in [5, 5.41) is 10.4. The summed E-state index contributed by atoms with van der Waals surface area (Å²) in [7, 11) is 9.80. The van der Waals surface area contributed by atoms with Crippen LogP contribution in [0.3, 0.4) is 0 Å². The maximum atomic E-state index is 9.80. The quantitative estimate of drug-likeness (QED) is 0.0581. The number of halogens is 4. The van der Waals surface area contributed by atoms with Crippen molar-refractivity contribution in [2.45, 2.75) is 16.2 Å². The molecule has 0 aliphatic carbocycles. The number of alkyl halides is 4. The second kappa shape index (κ2) is 67.2. The molecule has 0 heterocycles. The molecular formula is C57H100BrCl3O25. The summed E-state index contributed by atoms with van der Waals surface area (Å²) in [6.45, 7) is 15.8. The van der Waals surface area contributed by atoms with Gasteiger partial charge in [-0.05, 0) is 35.4 Å². The van der Waals surface area contributed by atoms with E-state index in [2.05, 4.69) is 15.9 Å². The van der Waals surface area contributed by atoms with Gasteiger partial charge in [-0.3, -0.25) is 0 Å². The van der Waals surface area contributed by atoms with E-state index < -0.39 is 4.30 Å². The highest BCUT2D eigenvalue weighted by Crippen LogP contribution is 2.40. The first-order valence-corrected chi connectivity index (χ1v) is 30.8. The first-order valence-electron chi connectivity index (χ1n) is 28.3. The number of methoxy groups -OCH3 is 6. The van der Waals surface area contributed by atoms with Gasteiger partial charge in [0.05, 0.1) is 205 Å². The molecule has 0 fully saturated rings. The van der Waals surface area contributed by atoms with Crippen LogP contribution in [0.15, 0.2) is 24.3 Å². The average Bonchev–Trinajstić information content (AvgIpc) is 3.65. The Hall–Kier alpha value is -2.17. The monoisotopic (exact) mass is 1370 g/mol. The lowest BCUT2D eigenvalue weighted by Crippen LogP contribution is -2.15. The molecule has 0 aromatic heterocycles. The van der Waals surface area contributed by atoms with Gasteiger partial charge in [-0.15, -0.1) is 0 Å². The van der Waals surface area contributed by atoms with E-state index in [0.717, 1.165) is 5.56 Å². The van der Waals surface area contributed by atoms with Crippen LogP contribution >= 0.6 is 50.7 Å². The lowest BCUT2D eigenvalue weighted by molar-refractivity contribution is 0.0146. The fraction of sp³-hybridized carbons (Fsp3) is 0.789. The molecule has 0 unspecified atom stereocenters. The van der Waals surface area contributed by atoms with E-state index in [-0.39, 0.29) is 26.4 Å². The summed E-state index contributed by atoms with van der Waals surface area (Å²) in [5.74, 6) is 2.90. The number of ether oxygens (including phenoxy) is 24. The minimum Gasteiger partial charge on any atom is -0.487 e. The van der Waals surface area contributed by atoms with Crippen LogP contribution in [0, 0.1) is 0 Å². The second-order valence-electron chi connectivity index (χ2n) is 16.8. The highest BCUT2D eigenvalue weighted by molar-refractivity contribution is 9.08. The van der Waals surface area contributed by atoms with Gasteiger partial charge in [0, 0.05) is 48.0 Å². The van der Waals surface area contributed by atoms with Gasteiger partial charge in [-0.2, -0.15) is 0 Å². The molecule has 506 valence electrons. The topological polar surface area (TPSA) is 242 Å². The molecule has 86 heavy (non-hydrogen) atoms. The SMILES string of the molecule is COCCOCCOCCOc1cc(CBr)cc(OCCOCCOCCOC)c1OCCOCCOCCOC.COCCOCCOCCOc1cc(CO)cc(OCCOCCOCCOC)c1OCCOCCOCCOC.ClC(Cl)Cl. The van der Waals surface area contributed by atoms with E-state index >= 15 is 0 Å². The third-order valence-corrected chi connectivity index (χ3v) is 10.9. The number of hydrogen-bond acceptors (Lipinski definition) is 25. The van der Waals surface area contributed by atoms with Crippen LogP contribution < -0.4 is 28.4 Å². The summed E-state index contributed by atoms with van der Waals surface area (Å²) in [6, 6.07) is 7.27. The van der Waals surface area contributed by atoms with Crippen molar-refractivity contribution in [2.75, 3.05) is 281 Å². The van der Waals surface area contributed by atoms with Crippen LogP contribution in [0.2, 0.25) is 0 Å². The molecule has 0 aliphatic heterocycles. The highest BCUT2D eigenvalue weighted by Gasteiger charge is 2.18. The third-order valence-electron chi connectivity index (χ3n) is 10.2. The van der Waals surface area contributed by atoms with E-state index in [1.807, 2.05) is 12.1 Å². The van der Waals surface area contributed by atoms with Gasteiger partial charge >= 0.3 is 0 Å². The first-order chi connectivity index (χ1) is 42.3. The molecule has 0 bridgehead atoms. The summed E-state index contributed by atoms with van der Waals surface area (Å²) in [4.78, 5) is 0. The maximum absolute atomic E-state index is 9.80. The van der Waals surface area contributed by atoms with Crippen LogP contribution in [-0.4, -0.2) is 290 Å². The minimum atomic E-state index is -0.750. The Kier molecular flexibility index (Phi) is 65.5. The Morgan fingerprint density at radius 3 is 0.616 bits per heavy atom. The lowest BCUT2D eigenvalue weighted by atomic mass is 10.2. The van der Waals surface area contributed by atoms with Crippen molar-refractivity contribution in [2.24, 2.45) is 0 Å². The highest BCUT2D eigenvalue weighted by atomic mass is 79.9. The number of aliphatic hydroxyl groups excluding tert-OH is 1. The van der Waals surface area contributed by atoms with E-state index in [1.165, 1.54) is 0 Å². The van der Waals surface area contributed by atoms with Crippen molar-refractivity contribution in [1.82, 2.24) is 0 Å². The first kappa shape index (κ1) is 83.8. The summed E-state index contributed by atoms with van der Waals surface area (Å²) in [5.41, 5.74) is 1.60. The van der Waals surface area contributed by atoms with Crippen molar-refractivity contribution in [3.8, 4) is 34.5 Å². The smallest absolute Gasteiger partial charge is 0.203 e. The second-order valence-corrected chi connectivity index (χ2v) is 19.3. The molecule has 0 amide bonds. The largest absolute Gasteiger partial charge is 0.487 e. The van der Waals surface area contributed by atoms with E-state index in [0.29, 0.717) is 263 Å². The fourth-order valence-electron chi connectivity index (χ4n) is 6.18. The summed E-state index contributed by atoms with van der Waals surface area (Å²) in [6.07, 6.45) is 0. The van der Waals surface area contributed by atoms with Crippen LogP contribution in [0.5, 0.6) is 34.5 Å². The Morgan fingerprint density at radius 1 is 0.279 bits per heavy atom. The standard InChI is InChI=1S/C28H49BrO12.C28H50O13.CHCl3/c2*1-30-4-7-33-10-13-36-16-19-39-26-22-25(24-29)23-27(40-20-17-37-14-11-34-8-5-31-2)28(26)41-21-18-38-15-12-35-9-6-32-3;2-1(3)4/h22-23H,4-21,24H2,1-3H3;22-23,29H,4-21,24H2,1-3H3;1H. The lowest BCUT2D eigenvalue weighted by Gasteiger charge is -2.18. The third kappa shape index (κ3) is 53.6. The Bertz CT molecular complexity index is 1520. The van der Waals surface area contributed by atoms with E-state index in [1.54, 1.807) is 54.8 Å². The molecule has 25 nitrogen and oxygen atoms in total. The number of aliphatic hydroxyl groups is 1. The number of rotatable bonds is 62. The Balaban J connectivity index is 0.00000158. The van der Waals surface area contributed by atoms with E-state index in [9.17, 15) is 5.11 Å². The summed E-state index contributed by atoms with van der Waals surface area (Å²) >= 11 is 17.9. The van der Waals surface area contributed by atoms with Crippen molar-refractivity contribution >= 4 is 50.7 Å². The average molecular weight is 1370 g/mol. The van der Waals surface area contributed by atoms with Crippen LogP contribution in [0.4, 0.5) is 0 Å². The predicted octanol–water partition coefficient (Wildman–Crippen LogP) is 6.10. The molecule has 0 atom stereocenters.